The first kappa shape index (κ1) is 10.9. The van der Waals surface area contributed by atoms with Gasteiger partial charge in [-0.3, -0.25) is 0 Å². The van der Waals surface area contributed by atoms with Gasteiger partial charge in [-0.25, -0.2) is 14.6 Å². The van der Waals surface area contributed by atoms with E-state index in [9.17, 15) is 0 Å². The quantitative estimate of drug-likeness (QED) is 0.603. The van der Waals surface area contributed by atoms with Gasteiger partial charge in [0.05, 0.1) is 11.4 Å². The highest BCUT2D eigenvalue weighted by molar-refractivity contribution is 5.90. The molecular formula is C15H11N5. The summed E-state index contributed by atoms with van der Waals surface area (Å²) in [5, 5.41) is 5.24. The second-order valence-corrected chi connectivity index (χ2v) is 4.46. The van der Waals surface area contributed by atoms with Crippen molar-refractivity contribution in [3.63, 3.8) is 0 Å². The van der Waals surface area contributed by atoms with Crippen LogP contribution in [0.5, 0.6) is 0 Å². The van der Waals surface area contributed by atoms with Crippen LogP contribution < -0.4 is 0 Å². The maximum absolute atomic E-state index is 4.39. The van der Waals surface area contributed by atoms with Gasteiger partial charge in [0.25, 0.3) is 0 Å². The van der Waals surface area contributed by atoms with E-state index in [2.05, 4.69) is 20.1 Å². The van der Waals surface area contributed by atoms with Gasteiger partial charge in [0.1, 0.15) is 12.0 Å². The fraction of sp³-hybridized carbons (Fsp3) is 0. The zero-order chi connectivity index (χ0) is 13.4. The monoisotopic (exact) mass is 261 g/mol. The topological polar surface area (TPSA) is 59.4 Å². The molecule has 20 heavy (non-hydrogen) atoms. The Morgan fingerprint density at radius 3 is 2.70 bits per heavy atom. The second-order valence-electron chi connectivity index (χ2n) is 4.46. The molecule has 96 valence electrons. The average Bonchev–Trinajstić information content (AvgIpc) is 3.18. The van der Waals surface area contributed by atoms with Gasteiger partial charge in [0, 0.05) is 29.5 Å². The molecule has 1 aromatic carbocycles. The lowest BCUT2D eigenvalue weighted by atomic mass is 10.1. The van der Waals surface area contributed by atoms with Crippen molar-refractivity contribution in [3.8, 4) is 16.9 Å². The van der Waals surface area contributed by atoms with Crippen LogP contribution in [0.1, 0.15) is 0 Å². The largest absolute Gasteiger partial charge is 0.346 e. The molecule has 5 heteroatoms. The zero-order valence-electron chi connectivity index (χ0n) is 10.6. The molecule has 0 aliphatic carbocycles. The smallest absolute Gasteiger partial charge is 0.141 e. The molecule has 0 amide bonds. The molecule has 0 radical (unpaired) electrons. The van der Waals surface area contributed by atoms with Gasteiger partial charge < -0.3 is 4.98 Å². The predicted molar refractivity (Wildman–Crippen MR) is 76.4 cm³/mol. The summed E-state index contributed by atoms with van der Waals surface area (Å²) in [4.78, 5) is 11.7. The first-order valence-electron chi connectivity index (χ1n) is 6.30. The number of H-pyrrole nitrogens is 1. The van der Waals surface area contributed by atoms with Gasteiger partial charge in [-0.15, -0.1) is 0 Å². The van der Waals surface area contributed by atoms with E-state index >= 15 is 0 Å². The van der Waals surface area contributed by atoms with Crippen LogP contribution in [0.2, 0.25) is 0 Å². The van der Waals surface area contributed by atoms with Gasteiger partial charge in [-0.1, -0.05) is 12.1 Å². The minimum Gasteiger partial charge on any atom is -0.346 e. The summed E-state index contributed by atoms with van der Waals surface area (Å²) in [5.41, 5.74) is 3.88. The van der Waals surface area contributed by atoms with Crippen molar-refractivity contribution < 1.29 is 0 Å². The number of nitrogens with one attached hydrogen (secondary N) is 1. The van der Waals surface area contributed by atoms with Crippen molar-refractivity contribution in [2.75, 3.05) is 0 Å². The Kier molecular flexibility index (Phi) is 2.35. The Morgan fingerprint density at radius 1 is 1.00 bits per heavy atom. The summed E-state index contributed by atoms with van der Waals surface area (Å²) >= 11 is 0. The molecule has 5 nitrogen and oxygen atoms in total. The molecule has 3 heterocycles. The first-order chi connectivity index (χ1) is 9.92. The molecule has 0 bridgehead atoms. The highest BCUT2D eigenvalue weighted by Crippen LogP contribution is 2.25. The standard InChI is InChI=1S/C15H11N5/c1-7-19-20(9-1)12-4-2-11(3-5-12)14-13-6-8-16-15(13)18-10-17-14/h1-10H,(H,16,17,18). The van der Waals surface area contributed by atoms with Crippen molar-refractivity contribution in [3.05, 3.63) is 61.3 Å². The van der Waals surface area contributed by atoms with Crippen LogP contribution in [0.25, 0.3) is 28.0 Å². The lowest BCUT2D eigenvalue weighted by Gasteiger charge is -2.05. The van der Waals surface area contributed by atoms with E-state index < -0.39 is 0 Å². The van der Waals surface area contributed by atoms with Crippen LogP contribution >= 0.6 is 0 Å². The minimum atomic E-state index is 0.853. The fourth-order valence-electron chi connectivity index (χ4n) is 2.30. The first-order valence-corrected chi connectivity index (χ1v) is 6.30. The van der Waals surface area contributed by atoms with Gasteiger partial charge >= 0.3 is 0 Å². The van der Waals surface area contributed by atoms with Gasteiger partial charge in [-0.2, -0.15) is 5.10 Å². The van der Waals surface area contributed by atoms with E-state index in [-0.39, 0.29) is 0 Å². The Bertz CT molecular complexity index is 844. The highest BCUT2D eigenvalue weighted by Gasteiger charge is 2.07. The summed E-state index contributed by atoms with van der Waals surface area (Å²) in [6.45, 7) is 0. The normalized spacial score (nSPS) is 11.0. The summed E-state index contributed by atoms with van der Waals surface area (Å²) in [5.74, 6) is 0. The van der Waals surface area contributed by atoms with Gasteiger partial charge in [0.2, 0.25) is 0 Å². The maximum Gasteiger partial charge on any atom is 0.141 e. The third-order valence-corrected chi connectivity index (χ3v) is 3.26. The minimum absolute atomic E-state index is 0.853. The predicted octanol–water partition coefficient (Wildman–Crippen LogP) is 2.81. The number of benzene rings is 1. The lowest BCUT2D eigenvalue weighted by Crippen LogP contribution is -1.94. The van der Waals surface area contributed by atoms with Crippen molar-refractivity contribution in [1.82, 2.24) is 24.7 Å². The van der Waals surface area contributed by atoms with Crippen LogP contribution in [-0.4, -0.2) is 24.7 Å². The van der Waals surface area contributed by atoms with E-state index in [1.165, 1.54) is 0 Å². The third kappa shape index (κ3) is 1.68. The molecule has 0 saturated heterocycles. The van der Waals surface area contributed by atoms with E-state index in [0.717, 1.165) is 28.0 Å². The van der Waals surface area contributed by atoms with E-state index in [1.807, 2.05) is 53.5 Å². The second kappa shape index (κ2) is 4.31. The SMILES string of the molecule is c1cnn(-c2ccc(-c3ncnc4[nH]ccc34)cc2)c1. The van der Waals surface area contributed by atoms with Crippen molar-refractivity contribution in [1.29, 1.82) is 0 Å². The van der Waals surface area contributed by atoms with E-state index in [0.29, 0.717) is 0 Å². The molecule has 4 aromatic rings. The molecule has 1 N–H and O–H groups in total. The Morgan fingerprint density at radius 2 is 1.90 bits per heavy atom. The molecule has 0 aliphatic rings. The summed E-state index contributed by atoms with van der Waals surface area (Å²) in [6.07, 6.45) is 7.14. The Balaban J connectivity index is 1.81. The number of nitrogens with zero attached hydrogens (tertiary/aromatic N) is 4. The maximum atomic E-state index is 4.39. The lowest BCUT2D eigenvalue weighted by molar-refractivity contribution is 0.881. The molecule has 0 unspecified atom stereocenters. The molecular weight excluding hydrogens is 250 g/mol. The number of hydrogen-bond acceptors (Lipinski definition) is 3. The molecule has 0 atom stereocenters. The number of hydrogen-bond donors (Lipinski definition) is 1. The fourth-order valence-corrected chi connectivity index (χ4v) is 2.30. The van der Waals surface area contributed by atoms with E-state index in [4.69, 9.17) is 0 Å². The summed E-state index contributed by atoms with van der Waals surface area (Å²) < 4.78 is 1.83. The molecule has 4 rings (SSSR count). The number of fused-ring (bicyclic) bond motifs is 1. The van der Waals surface area contributed by atoms with Crippen LogP contribution in [-0.2, 0) is 0 Å². The van der Waals surface area contributed by atoms with Crippen LogP contribution in [0.15, 0.2) is 61.3 Å². The third-order valence-electron chi connectivity index (χ3n) is 3.26. The molecule has 3 aromatic heterocycles. The van der Waals surface area contributed by atoms with Gasteiger partial charge in [-0.05, 0) is 24.3 Å². The van der Waals surface area contributed by atoms with Crippen LogP contribution in [0.3, 0.4) is 0 Å². The molecule has 0 fully saturated rings. The van der Waals surface area contributed by atoms with Crippen LogP contribution in [0.4, 0.5) is 0 Å². The molecule has 0 aliphatic heterocycles. The van der Waals surface area contributed by atoms with Crippen molar-refractivity contribution in [2.45, 2.75) is 0 Å². The number of aromatic nitrogens is 5. The number of rotatable bonds is 2. The highest BCUT2D eigenvalue weighted by atomic mass is 15.3. The van der Waals surface area contributed by atoms with Crippen molar-refractivity contribution >= 4 is 11.0 Å². The zero-order valence-corrected chi connectivity index (χ0v) is 10.6. The van der Waals surface area contributed by atoms with E-state index in [1.54, 1.807) is 12.5 Å². The van der Waals surface area contributed by atoms with Gasteiger partial charge in [0.15, 0.2) is 0 Å². The number of aromatic amines is 1. The van der Waals surface area contributed by atoms with Crippen molar-refractivity contribution in [2.24, 2.45) is 0 Å². The van der Waals surface area contributed by atoms with Crippen LogP contribution in [0, 0.1) is 0 Å². The molecule has 0 spiro atoms. The summed E-state index contributed by atoms with van der Waals surface area (Å²) in [6, 6.07) is 12.1. The Labute approximate surface area is 114 Å². The average molecular weight is 261 g/mol. The molecule has 0 saturated carbocycles. The Hall–Kier alpha value is -2.95. The summed E-state index contributed by atoms with van der Waals surface area (Å²) in [7, 11) is 0.